The van der Waals surface area contributed by atoms with E-state index in [0.717, 1.165) is 49.8 Å². The SMILES string of the molecule is N#C[C@@H]1C[C@H](F)CN1C(=O)CNC12CCC(C(=O)Nc3nc(-c4ccccc4)cs3)(CC1)CC2. The van der Waals surface area contributed by atoms with E-state index in [1.807, 2.05) is 41.8 Å². The van der Waals surface area contributed by atoms with Crippen molar-refractivity contribution < 1.29 is 14.0 Å². The van der Waals surface area contributed by atoms with Crippen LogP contribution in [0.5, 0.6) is 0 Å². The molecule has 1 aliphatic heterocycles. The van der Waals surface area contributed by atoms with E-state index in [9.17, 15) is 19.2 Å². The third-order valence-corrected chi connectivity index (χ3v) is 8.61. The summed E-state index contributed by atoms with van der Waals surface area (Å²) in [5.74, 6) is -0.187. The number of hydrogen-bond acceptors (Lipinski definition) is 6. The molecule has 2 amide bonds. The fraction of sp³-hybridized carbons (Fsp3) is 0.520. The van der Waals surface area contributed by atoms with Gasteiger partial charge in [0.05, 0.1) is 24.9 Å². The minimum atomic E-state index is -1.13. The molecule has 2 atom stereocenters. The van der Waals surface area contributed by atoms with Crippen LogP contribution in [0.25, 0.3) is 11.3 Å². The Morgan fingerprint density at radius 2 is 1.88 bits per heavy atom. The largest absolute Gasteiger partial charge is 0.323 e. The van der Waals surface area contributed by atoms with Crippen molar-refractivity contribution in [3.05, 3.63) is 35.7 Å². The van der Waals surface area contributed by atoms with Gasteiger partial charge in [-0.2, -0.15) is 5.26 Å². The molecule has 178 valence electrons. The second-order valence-electron chi connectivity index (χ2n) is 9.80. The molecule has 1 aromatic heterocycles. The number of carbonyl (C=O) groups excluding carboxylic acids is 2. The number of thiazole rings is 1. The Balaban J connectivity index is 1.16. The number of halogens is 1. The van der Waals surface area contributed by atoms with E-state index in [0.29, 0.717) is 5.13 Å². The predicted molar refractivity (Wildman–Crippen MR) is 128 cm³/mol. The summed E-state index contributed by atoms with van der Waals surface area (Å²) in [5.41, 5.74) is 1.31. The number of hydrogen-bond donors (Lipinski definition) is 2. The zero-order chi connectivity index (χ0) is 23.8. The van der Waals surface area contributed by atoms with Crippen LogP contribution in [-0.2, 0) is 9.59 Å². The van der Waals surface area contributed by atoms with Crippen LogP contribution >= 0.6 is 11.3 Å². The van der Waals surface area contributed by atoms with Crippen molar-refractivity contribution in [2.45, 2.75) is 62.7 Å². The summed E-state index contributed by atoms with van der Waals surface area (Å²) >= 11 is 1.44. The van der Waals surface area contributed by atoms with E-state index in [4.69, 9.17) is 0 Å². The summed E-state index contributed by atoms with van der Waals surface area (Å²) in [5, 5.41) is 18.2. The van der Waals surface area contributed by atoms with E-state index >= 15 is 0 Å². The maximum absolute atomic E-state index is 13.7. The van der Waals surface area contributed by atoms with Crippen LogP contribution in [0.4, 0.5) is 9.52 Å². The first-order valence-electron chi connectivity index (χ1n) is 11.8. The first kappa shape index (κ1) is 22.9. The van der Waals surface area contributed by atoms with Crippen LogP contribution in [0.15, 0.2) is 35.7 Å². The summed E-state index contributed by atoms with van der Waals surface area (Å²) in [6.45, 7) is 0.100. The summed E-state index contributed by atoms with van der Waals surface area (Å²) in [7, 11) is 0. The molecule has 2 N–H and O–H groups in total. The molecule has 3 aliphatic carbocycles. The highest BCUT2D eigenvalue weighted by Crippen LogP contribution is 2.53. The molecule has 0 spiro atoms. The molecule has 34 heavy (non-hydrogen) atoms. The maximum Gasteiger partial charge on any atom is 0.237 e. The Morgan fingerprint density at radius 3 is 2.56 bits per heavy atom. The highest BCUT2D eigenvalue weighted by atomic mass is 32.1. The summed E-state index contributed by atoms with van der Waals surface area (Å²) in [6.07, 6.45) is 3.68. The highest BCUT2D eigenvalue weighted by Gasteiger charge is 2.52. The number of benzene rings is 1. The molecule has 4 aliphatic rings. The van der Waals surface area contributed by atoms with Gasteiger partial charge < -0.3 is 15.5 Å². The first-order chi connectivity index (χ1) is 16.4. The van der Waals surface area contributed by atoms with E-state index in [-0.39, 0.29) is 36.9 Å². The fourth-order valence-electron chi connectivity index (χ4n) is 5.64. The Labute approximate surface area is 202 Å². The van der Waals surface area contributed by atoms with Crippen LogP contribution in [-0.4, -0.2) is 52.5 Å². The Bertz CT molecular complexity index is 1090. The van der Waals surface area contributed by atoms with Crippen molar-refractivity contribution in [2.24, 2.45) is 5.41 Å². The molecule has 2 heterocycles. The molecule has 1 aromatic carbocycles. The molecule has 9 heteroatoms. The lowest BCUT2D eigenvalue weighted by Crippen LogP contribution is -2.59. The number of amides is 2. The normalized spacial score (nSPS) is 30.2. The van der Waals surface area contributed by atoms with Crippen molar-refractivity contribution in [3.8, 4) is 17.3 Å². The molecular formula is C25H28FN5O2S. The predicted octanol–water partition coefficient (Wildman–Crippen LogP) is 3.89. The number of nitrogens with one attached hydrogen (secondary N) is 2. The van der Waals surface area contributed by atoms with Gasteiger partial charge in [-0.1, -0.05) is 30.3 Å². The zero-order valence-electron chi connectivity index (χ0n) is 18.9. The summed E-state index contributed by atoms with van der Waals surface area (Å²) in [6, 6.07) is 11.2. The number of aromatic nitrogens is 1. The van der Waals surface area contributed by atoms with E-state index in [1.165, 1.54) is 16.2 Å². The van der Waals surface area contributed by atoms with Gasteiger partial charge in [-0.15, -0.1) is 11.3 Å². The third-order valence-electron chi connectivity index (χ3n) is 7.86. The molecule has 7 nitrogen and oxygen atoms in total. The van der Waals surface area contributed by atoms with Gasteiger partial charge in [-0.05, 0) is 38.5 Å². The van der Waals surface area contributed by atoms with Crippen molar-refractivity contribution in [2.75, 3.05) is 18.4 Å². The van der Waals surface area contributed by atoms with Crippen LogP contribution < -0.4 is 10.6 Å². The molecule has 2 aromatic rings. The second kappa shape index (κ2) is 9.08. The molecule has 6 rings (SSSR count). The number of carbonyl (C=O) groups is 2. The monoisotopic (exact) mass is 481 g/mol. The van der Waals surface area contributed by atoms with Gasteiger partial charge in [-0.25, -0.2) is 9.37 Å². The fourth-order valence-corrected chi connectivity index (χ4v) is 6.36. The van der Waals surface area contributed by atoms with Gasteiger partial charge in [0.25, 0.3) is 0 Å². The third kappa shape index (κ3) is 4.32. The van der Waals surface area contributed by atoms with Gasteiger partial charge in [0, 0.05) is 28.3 Å². The van der Waals surface area contributed by atoms with Crippen LogP contribution in [0.3, 0.4) is 0 Å². The van der Waals surface area contributed by atoms with E-state index in [1.54, 1.807) is 0 Å². The number of rotatable bonds is 6. The van der Waals surface area contributed by atoms with Crippen molar-refractivity contribution >= 4 is 28.3 Å². The first-order valence-corrected chi connectivity index (χ1v) is 12.7. The number of nitrogens with zero attached hydrogens (tertiary/aromatic N) is 3. The number of fused-ring (bicyclic) bond motifs is 3. The molecular weight excluding hydrogens is 453 g/mol. The smallest absolute Gasteiger partial charge is 0.237 e. The average molecular weight is 482 g/mol. The lowest BCUT2D eigenvalue weighted by atomic mass is 9.57. The van der Waals surface area contributed by atoms with Crippen molar-refractivity contribution in [1.82, 2.24) is 15.2 Å². The Kier molecular flexibility index (Phi) is 6.13. The Hall–Kier alpha value is -2.83. The van der Waals surface area contributed by atoms with Gasteiger partial charge in [0.15, 0.2) is 5.13 Å². The van der Waals surface area contributed by atoms with E-state index < -0.39 is 17.6 Å². The van der Waals surface area contributed by atoms with Gasteiger partial charge in [0.2, 0.25) is 11.8 Å². The summed E-state index contributed by atoms with van der Waals surface area (Å²) in [4.78, 5) is 31.8. The Morgan fingerprint density at radius 1 is 1.18 bits per heavy atom. The second-order valence-corrected chi connectivity index (χ2v) is 10.7. The van der Waals surface area contributed by atoms with Gasteiger partial charge in [-0.3, -0.25) is 9.59 Å². The molecule has 3 saturated carbocycles. The van der Waals surface area contributed by atoms with E-state index in [2.05, 4.69) is 15.6 Å². The number of alkyl halides is 1. The van der Waals surface area contributed by atoms with Crippen molar-refractivity contribution in [3.63, 3.8) is 0 Å². The minimum Gasteiger partial charge on any atom is -0.323 e. The van der Waals surface area contributed by atoms with Crippen LogP contribution in [0, 0.1) is 16.7 Å². The van der Waals surface area contributed by atoms with Crippen molar-refractivity contribution in [1.29, 1.82) is 5.26 Å². The average Bonchev–Trinajstić information content (AvgIpc) is 3.50. The standard InChI is InChI=1S/C25H28FN5O2S/c26-18-12-19(13-27)31(15-18)21(32)14-28-25-9-6-24(7-10-25,8-11-25)22(33)30-23-29-20(16-34-23)17-4-2-1-3-5-17/h1-5,16,18-19,28H,6-12,14-15H2,(H,29,30,33)/t18-,19-,24?,25?/m0/s1. The lowest BCUT2D eigenvalue weighted by molar-refractivity contribution is -0.135. The van der Waals surface area contributed by atoms with Gasteiger partial charge in [0.1, 0.15) is 12.2 Å². The zero-order valence-corrected chi connectivity index (χ0v) is 19.7. The number of likely N-dealkylation sites (tertiary alicyclic amines) is 1. The van der Waals surface area contributed by atoms with Gasteiger partial charge >= 0.3 is 0 Å². The minimum absolute atomic E-state index is 0.00222. The molecule has 2 bridgehead atoms. The molecule has 4 fully saturated rings. The highest BCUT2D eigenvalue weighted by molar-refractivity contribution is 7.14. The molecule has 0 radical (unpaired) electrons. The number of nitriles is 1. The topological polar surface area (TPSA) is 98.1 Å². The quantitative estimate of drug-likeness (QED) is 0.652. The maximum atomic E-state index is 13.7. The molecule has 1 saturated heterocycles. The summed E-state index contributed by atoms with van der Waals surface area (Å²) < 4.78 is 13.7. The lowest BCUT2D eigenvalue weighted by Gasteiger charge is -2.52. The van der Waals surface area contributed by atoms with Crippen LogP contribution in [0.2, 0.25) is 0 Å². The number of anilines is 1. The molecule has 0 unspecified atom stereocenters. The van der Waals surface area contributed by atoms with Crippen LogP contribution in [0.1, 0.15) is 44.9 Å².